The molecule has 0 unspecified atom stereocenters. The Bertz CT molecular complexity index is 1370. The number of allylic oxidation sites excluding steroid dienone is 3. The Kier molecular flexibility index (Phi) is 19.6. The van der Waals surface area contributed by atoms with Crippen molar-refractivity contribution in [1.82, 2.24) is 0 Å². The summed E-state index contributed by atoms with van der Waals surface area (Å²) in [5.74, 6) is 1.06. The SMILES string of the molecule is C/C=C\CCCC(=O)Oc1ccc(/C=C/COC(=O)CCCON=O)cc1OC.FC(F)(F)c1cccc(OCC/C=C/C2CCCC2)c1. The van der Waals surface area contributed by atoms with Crippen LogP contribution in [0.5, 0.6) is 17.2 Å². The summed E-state index contributed by atoms with van der Waals surface area (Å²) in [7, 11) is 1.50. The zero-order valence-electron chi connectivity index (χ0n) is 28.1. The Morgan fingerprint density at radius 1 is 0.918 bits per heavy atom. The van der Waals surface area contributed by atoms with Gasteiger partial charge >= 0.3 is 18.1 Å². The summed E-state index contributed by atoms with van der Waals surface area (Å²) >= 11 is 0. The van der Waals surface area contributed by atoms with Gasteiger partial charge in [-0.2, -0.15) is 13.2 Å². The number of ether oxygens (including phenoxy) is 4. The molecule has 0 radical (unpaired) electrons. The highest BCUT2D eigenvalue weighted by atomic mass is 19.4. The van der Waals surface area contributed by atoms with Crippen LogP contribution in [0.4, 0.5) is 13.2 Å². The Balaban J connectivity index is 0.000000362. The number of halogens is 3. The van der Waals surface area contributed by atoms with Crippen molar-refractivity contribution < 1.29 is 46.5 Å². The van der Waals surface area contributed by atoms with E-state index in [1.165, 1.54) is 38.9 Å². The van der Waals surface area contributed by atoms with Crippen LogP contribution in [0.15, 0.2) is 78.2 Å². The zero-order valence-corrected chi connectivity index (χ0v) is 28.1. The second-order valence-electron chi connectivity index (χ2n) is 11.1. The van der Waals surface area contributed by atoms with Gasteiger partial charge in [0.2, 0.25) is 0 Å². The molecular weight excluding hydrogens is 643 g/mol. The van der Waals surface area contributed by atoms with E-state index >= 15 is 0 Å². The lowest BCUT2D eigenvalue weighted by Crippen LogP contribution is -2.08. The van der Waals surface area contributed by atoms with Crippen LogP contribution < -0.4 is 14.2 Å². The predicted octanol–water partition coefficient (Wildman–Crippen LogP) is 9.60. The Morgan fingerprint density at radius 2 is 1.69 bits per heavy atom. The van der Waals surface area contributed by atoms with Crippen molar-refractivity contribution in [2.45, 2.75) is 77.3 Å². The number of methoxy groups -OCH3 is 1. The maximum absolute atomic E-state index is 12.5. The van der Waals surface area contributed by atoms with Crippen molar-refractivity contribution in [2.24, 2.45) is 11.3 Å². The van der Waals surface area contributed by atoms with Gasteiger partial charge in [0.05, 0.1) is 19.3 Å². The van der Waals surface area contributed by atoms with Gasteiger partial charge in [-0.25, -0.2) is 0 Å². The fraction of sp³-hybridized carbons (Fsp3) is 0.459. The monoisotopic (exact) mass is 689 g/mol. The molecule has 49 heavy (non-hydrogen) atoms. The predicted molar refractivity (Wildman–Crippen MR) is 181 cm³/mol. The summed E-state index contributed by atoms with van der Waals surface area (Å²) in [6.45, 7) is 2.54. The second kappa shape index (κ2) is 23.7. The van der Waals surface area contributed by atoms with E-state index < -0.39 is 17.7 Å². The van der Waals surface area contributed by atoms with Crippen LogP contribution >= 0.6 is 0 Å². The Morgan fingerprint density at radius 3 is 2.41 bits per heavy atom. The first-order valence-electron chi connectivity index (χ1n) is 16.4. The van der Waals surface area contributed by atoms with Crippen molar-refractivity contribution in [3.63, 3.8) is 0 Å². The number of benzene rings is 2. The number of hydrogen-bond acceptors (Lipinski definition) is 9. The summed E-state index contributed by atoms with van der Waals surface area (Å²) in [5.41, 5.74) is 0.132. The molecule has 268 valence electrons. The number of unbranched alkanes of at least 4 members (excludes halogenated alkanes) is 1. The molecule has 0 aliphatic heterocycles. The number of esters is 2. The van der Waals surface area contributed by atoms with E-state index in [2.05, 4.69) is 22.3 Å². The van der Waals surface area contributed by atoms with Gasteiger partial charge in [0, 0.05) is 12.8 Å². The largest absolute Gasteiger partial charge is 0.493 e. The standard InChI is InChI=1S/C21H27NO7.C16H19F3O/c1-3-4-5-6-10-21(24)29-18-13-12-17(16-19(18)26-2)9-7-14-27-20(23)11-8-15-28-22-25;17-16(18,19)14-9-5-10-15(12-14)20-11-4-3-8-13-6-1-2-7-13/h3-4,7,9,12-13,16H,5-6,8,10-11,14-15H2,1-2H3;3,5,8-10,12-13H,1-2,4,6-7,11H2/b4-3-,9-7+;8-3+. The molecule has 0 atom stereocenters. The zero-order chi connectivity index (χ0) is 35.7. The van der Waals surface area contributed by atoms with Gasteiger partial charge in [-0.3, -0.25) is 9.59 Å². The first-order chi connectivity index (χ1) is 23.7. The van der Waals surface area contributed by atoms with Gasteiger partial charge in [-0.1, -0.05) is 55.4 Å². The van der Waals surface area contributed by atoms with Gasteiger partial charge in [0.25, 0.3) is 0 Å². The van der Waals surface area contributed by atoms with Crippen LogP contribution in [0.25, 0.3) is 6.08 Å². The third-order valence-corrected chi connectivity index (χ3v) is 7.24. The average molecular weight is 690 g/mol. The fourth-order valence-corrected chi connectivity index (χ4v) is 4.74. The molecule has 0 heterocycles. The summed E-state index contributed by atoms with van der Waals surface area (Å²) in [6.07, 6.45) is 15.6. The molecule has 12 heteroatoms. The maximum atomic E-state index is 12.5. The number of carbonyl (C=O) groups excluding carboxylic acids is 2. The minimum atomic E-state index is -4.32. The van der Waals surface area contributed by atoms with Crippen LogP contribution in [0, 0.1) is 10.8 Å². The lowest BCUT2D eigenvalue weighted by molar-refractivity contribution is -0.143. The molecule has 0 N–H and O–H groups in total. The van der Waals surface area contributed by atoms with E-state index in [1.807, 2.05) is 19.1 Å². The Hall–Kier alpha value is -4.61. The normalized spacial score (nSPS) is 13.3. The van der Waals surface area contributed by atoms with Crippen molar-refractivity contribution >= 4 is 18.0 Å². The lowest BCUT2D eigenvalue weighted by atomic mass is 10.1. The third kappa shape index (κ3) is 17.9. The summed E-state index contributed by atoms with van der Waals surface area (Å²) in [5, 5.41) is 2.24. The van der Waals surface area contributed by atoms with E-state index in [0.717, 1.165) is 37.0 Å². The van der Waals surface area contributed by atoms with Crippen LogP contribution in [-0.2, 0) is 25.3 Å². The van der Waals surface area contributed by atoms with Gasteiger partial charge in [-0.05, 0) is 93.3 Å². The van der Waals surface area contributed by atoms with Gasteiger partial charge in [0.15, 0.2) is 16.8 Å². The molecule has 1 aliphatic carbocycles. The number of rotatable bonds is 19. The van der Waals surface area contributed by atoms with Gasteiger partial charge in [-0.15, -0.1) is 4.91 Å². The molecule has 1 aliphatic rings. The summed E-state index contributed by atoms with van der Waals surface area (Å²) in [6, 6.07) is 10.2. The first-order valence-corrected chi connectivity index (χ1v) is 16.4. The highest BCUT2D eigenvalue weighted by Crippen LogP contribution is 2.32. The molecule has 2 aromatic rings. The Labute approximate surface area is 286 Å². The molecule has 0 saturated heterocycles. The second-order valence-corrected chi connectivity index (χ2v) is 11.1. The van der Waals surface area contributed by atoms with E-state index in [1.54, 1.807) is 36.4 Å². The molecular formula is C37H46F3NO8. The first kappa shape index (κ1) is 40.6. The van der Waals surface area contributed by atoms with Crippen LogP contribution in [0.1, 0.15) is 82.3 Å². The van der Waals surface area contributed by atoms with Crippen LogP contribution in [0.3, 0.4) is 0 Å². The van der Waals surface area contributed by atoms with Crippen molar-refractivity contribution in [2.75, 3.05) is 26.9 Å². The topological polar surface area (TPSA) is 110 Å². The molecule has 0 bridgehead atoms. The average Bonchev–Trinajstić information content (AvgIpc) is 3.61. The number of alkyl halides is 3. The molecule has 9 nitrogen and oxygen atoms in total. The van der Waals surface area contributed by atoms with Crippen LogP contribution in [0.2, 0.25) is 0 Å². The maximum Gasteiger partial charge on any atom is 0.416 e. The molecule has 0 amide bonds. The van der Waals surface area contributed by atoms with Gasteiger partial charge < -0.3 is 23.8 Å². The van der Waals surface area contributed by atoms with Crippen LogP contribution in [-0.4, -0.2) is 38.9 Å². The molecule has 1 fully saturated rings. The summed E-state index contributed by atoms with van der Waals surface area (Å²) in [4.78, 5) is 37.4. The van der Waals surface area contributed by atoms with Crippen molar-refractivity contribution in [1.29, 1.82) is 0 Å². The molecule has 2 aromatic carbocycles. The van der Waals surface area contributed by atoms with Crippen molar-refractivity contribution in [3.05, 3.63) is 88.9 Å². The number of hydrogen-bond donors (Lipinski definition) is 0. The molecule has 1 saturated carbocycles. The highest BCUT2D eigenvalue weighted by Gasteiger charge is 2.30. The van der Waals surface area contributed by atoms with Crippen molar-refractivity contribution in [3.8, 4) is 17.2 Å². The highest BCUT2D eigenvalue weighted by molar-refractivity contribution is 5.73. The fourth-order valence-electron chi connectivity index (χ4n) is 4.74. The van der Waals surface area contributed by atoms with E-state index in [4.69, 9.17) is 18.9 Å². The third-order valence-electron chi connectivity index (χ3n) is 7.24. The number of carbonyl (C=O) groups is 2. The summed E-state index contributed by atoms with van der Waals surface area (Å²) < 4.78 is 58.6. The minimum absolute atomic E-state index is 0.0843. The van der Waals surface area contributed by atoms with E-state index in [-0.39, 0.29) is 31.4 Å². The van der Waals surface area contributed by atoms with Gasteiger partial charge in [0.1, 0.15) is 19.0 Å². The molecule has 0 spiro atoms. The minimum Gasteiger partial charge on any atom is -0.493 e. The molecule has 0 aromatic heterocycles. The molecule has 3 rings (SSSR count). The smallest absolute Gasteiger partial charge is 0.416 e. The quantitative estimate of drug-likeness (QED) is 0.0358. The lowest BCUT2D eigenvalue weighted by Gasteiger charge is -2.10. The number of nitrogens with zero attached hydrogens (tertiary/aromatic N) is 1. The van der Waals surface area contributed by atoms with E-state index in [0.29, 0.717) is 36.9 Å². The van der Waals surface area contributed by atoms with E-state index in [9.17, 15) is 27.7 Å².